The fraction of sp³-hybridized carbons (Fsp3) is 0.125. The molecule has 2 aromatic rings. The van der Waals surface area contributed by atoms with Gasteiger partial charge in [0.15, 0.2) is 0 Å². The summed E-state index contributed by atoms with van der Waals surface area (Å²) in [6, 6.07) is 19.1. The van der Waals surface area contributed by atoms with Gasteiger partial charge in [-0.3, -0.25) is 0 Å². The first-order valence-corrected chi connectivity index (χ1v) is 11.5. The fourth-order valence-electron chi connectivity index (χ4n) is 1.26. The molecule has 0 saturated heterocycles. The molecule has 0 atom stereocenters. The van der Waals surface area contributed by atoms with E-state index in [1.807, 2.05) is 62.4 Å². The Bertz CT molecular complexity index is 541. The monoisotopic (exact) mass is 499 g/mol. The standard InChI is InChI=1S/2C8H7N.2ClH.Pt/c2*1-7-2-4-8(6-9)5-3-7;;;/h2*2-5H,1H3;2*1H;/q;;;;+2/p-2. The van der Waals surface area contributed by atoms with Crippen molar-refractivity contribution in [3.05, 3.63) is 70.8 Å². The van der Waals surface area contributed by atoms with Gasteiger partial charge in [-0.15, -0.1) is 0 Å². The van der Waals surface area contributed by atoms with Crippen molar-refractivity contribution in [1.82, 2.24) is 0 Å². The van der Waals surface area contributed by atoms with E-state index in [-0.39, 0.29) is 0 Å². The Balaban J connectivity index is 0.000000322. The summed E-state index contributed by atoms with van der Waals surface area (Å²) in [6.07, 6.45) is 0. The van der Waals surface area contributed by atoms with Gasteiger partial charge in [0, 0.05) is 0 Å². The Hall–Kier alpha value is -1.31. The molecule has 0 amide bonds. The van der Waals surface area contributed by atoms with E-state index in [9.17, 15) is 0 Å². The van der Waals surface area contributed by atoms with Crippen molar-refractivity contribution in [1.29, 1.82) is 10.5 Å². The normalized spacial score (nSPS) is 8.29. The molecule has 0 aliphatic rings. The topological polar surface area (TPSA) is 47.6 Å². The van der Waals surface area contributed by atoms with Crippen LogP contribution in [0.5, 0.6) is 0 Å². The van der Waals surface area contributed by atoms with Crippen LogP contribution in [0.2, 0.25) is 0 Å². The SMILES string of the molecule is Cc1ccc(C#N)cc1.Cc1ccc(C#N)cc1.[Cl][Pt][Cl]. The summed E-state index contributed by atoms with van der Waals surface area (Å²) in [4.78, 5) is 0. The molecule has 0 radical (unpaired) electrons. The Morgan fingerprint density at radius 2 is 0.952 bits per heavy atom. The maximum absolute atomic E-state index is 8.38. The van der Waals surface area contributed by atoms with E-state index < -0.39 is 16.5 Å². The first kappa shape index (κ1) is 19.7. The van der Waals surface area contributed by atoms with Crippen molar-refractivity contribution in [2.24, 2.45) is 0 Å². The summed E-state index contributed by atoms with van der Waals surface area (Å²) in [5.74, 6) is 0. The van der Waals surface area contributed by atoms with Crippen LogP contribution in [0.3, 0.4) is 0 Å². The van der Waals surface area contributed by atoms with E-state index in [4.69, 9.17) is 29.4 Å². The van der Waals surface area contributed by atoms with E-state index in [1.165, 1.54) is 11.1 Å². The summed E-state index contributed by atoms with van der Waals surface area (Å²) in [7, 11) is 9.75. The van der Waals surface area contributed by atoms with Crippen LogP contribution in [0.1, 0.15) is 22.3 Å². The Labute approximate surface area is 142 Å². The number of nitriles is 2. The van der Waals surface area contributed by atoms with Crippen molar-refractivity contribution in [3.63, 3.8) is 0 Å². The Kier molecular flexibility index (Phi) is 11.7. The Morgan fingerprint density at radius 1 is 0.714 bits per heavy atom. The van der Waals surface area contributed by atoms with E-state index in [0.29, 0.717) is 0 Å². The van der Waals surface area contributed by atoms with Gasteiger partial charge in [0.2, 0.25) is 0 Å². The molecule has 2 aromatic carbocycles. The number of halogens is 2. The van der Waals surface area contributed by atoms with E-state index in [2.05, 4.69) is 12.1 Å². The van der Waals surface area contributed by atoms with Gasteiger partial charge in [-0.25, -0.2) is 0 Å². The summed E-state index contributed by atoms with van der Waals surface area (Å²) in [6.45, 7) is 4.00. The molecule has 21 heavy (non-hydrogen) atoms. The van der Waals surface area contributed by atoms with Crippen LogP contribution < -0.4 is 0 Å². The van der Waals surface area contributed by atoms with Crippen LogP contribution in [0.25, 0.3) is 0 Å². The van der Waals surface area contributed by atoms with Gasteiger partial charge in [-0.05, 0) is 38.1 Å². The zero-order valence-corrected chi connectivity index (χ0v) is 15.4. The molecule has 0 aliphatic heterocycles. The Morgan fingerprint density at radius 3 is 1.14 bits per heavy atom. The molecule has 5 heteroatoms. The van der Waals surface area contributed by atoms with Gasteiger partial charge in [-0.2, -0.15) is 10.5 Å². The van der Waals surface area contributed by atoms with Crippen LogP contribution in [-0.4, -0.2) is 0 Å². The van der Waals surface area contributed by atoms with Crippen LogP contribution in [0.4, 0.5) is 0 Å². The van der Waals surface area contributed by atoms with Gasteiger partial charge < -0.3 is 0 Å². The third kappa shape index (κ3) is 10.1. The fourth-order valence-corrected chi connectivity index (χ4v) is 1.26. The van der Waals surface area contributed by atoms with Gasteiger partial charge in [0.1, 0.15) is 0 Å². The number of nitrogens with zero attached hydrogens (tertiary/aromatic N) is 2. The average Bonchev–Trinajstić information content (AvgIpc) is 2.50. The molecule has 0 saturated carbocycles. The van der Waals surface area contributed by atoms with Crippen LogP contribution in [-0.2, 0) is 16.5 Å². The van der Waals surface area contributed by atoms with Gasteiger partial charge in [-0.1, -0.05) is 35.4 Å². The molecule has 0 unspecified atom stereocenters. The average molecular weight is 500 g/mol. The predicted octanol–water partition coefficient (Wildman–Crippen LogP) is 5.11. The third-order valence-electron chi connectivity index (χ3n) is 2.36. The summed E-state index contributed by atoms with van der Waals surface area (Å²) in [5, 5.41) is 16.8. The van der Waals surface area contributed by atoms with E-state index >= 15 is 0 Å². The first-order chi connectivity index (χ1) is 10.1. The molecular formula is C16H14Cl2N2Pt. The molecule has 0 heterocycles. The van der Waals surface area contributed by atoms with E-state index in [1.54, 1.807) is 0 Å². The second-order valence-corrected chi connectivity index (χ2v) is 7.28. The molecular weight excluding hydrogens is 486 g/mol. The maximum atomic E-state index is 8.38. The second kappa shape index (κ2) is 12.4. The number of benzene rings is 2. The molecule has 2 rings (SSSR count). The minimum absolute atomic E-state index is 0.472. The number of hydrogen-bond donors (Lipinski definition) is 0. The van der Waals surface area contributed by atoms with Crippen molar-refractivity contribution < 1.29 is 16.5 Å². The second-order valence-electron chi connectivity index (χ2n) is 4.00. The zero-order chi connectivity index (χ0) is 16.1. The first-order valence-electron chi connectivity index (χ1n) is 5.83. The molecule has 0 fully saturated rings. The van der Waals surface area contributed by atoms with Gasteiger partial charge >= 0.3 is 35.3 Å². The number of aryl methyl sites for hydroxylation is 2. The molecule has 0 aliphatic carbocycles. The van der Waals surface area contributed by atoms with Crippen molar-refractivity contribution in [2.75, 3.05) is 0 Å². The summed E-state index contributed by atoms with van der Waals surface area (Å²) in [5.41, 5.74) is 3.82. The molecule has 112 valence electrons. The quantitative estimate of drug-likeness (QED) is 0.505. The van der Waals surface area contributed by atoms with Crippen LogP contribution >= 0.6 is 18.8 Å². The zero-order valence-electron chi connectivity index (χ0n) is 11.6. The van der Waals surface area contributed by atoms with Gasteiger partial charge in [0.05, 0.1) is 23.3 Å². The van der Waals surface area contributed by atoms with E-state index in [0.717, 1.165) is 11.1 Å². The van der Waals surface area contributed by atoms with Crippen molar-refractivity contribution >= 4 is 18.8 Å². The van der Waals surface area contributed by atoms with Crippen molar-refractivity contribution in [2.45, 2.75) is 13.8 Å². The summed E-state index contributed by atoms with van der Waals surface area (Å²) < 4.78 is 0. The predicted molar refractivity (Wildman–Crippen MR) is 83.5 cm³/mol. The van der Waals surface area contributed by atoms with Gasteiger partial charge in [0.25, 0.3) is 0 Å². The molecule has 0 N–H and O–H groups in total. The minimum atomic E-state index is -0.472. The van der Waals surface area contributed by atoms with Crippen LogP contribution in [0.15, 0.2) is 48.5 Å². The number of rotatable bonds is 0. The number of hydrogen-bond acceptors (Lipinski definition) is 2. The van der Waals surface area contributed by atoms with Crippen LogP contribution in [0, 0.1) is 36.5 Å². The molecule has 0 bridgehead atoms. The molecule has 0 aromatic heterocycles. The summed E-state index contributed by atoms with van der Waals surface area (Å²) >= 11 is -0.472. The molecule has 0 spiro atoms. The molecule has 2 nitrogen and oxygen atoms in total. The van der Waals surface area contributed by atoms with Crippen molar-refractivity contribution in [3.8, 4) is 12.1 Å². The third-order valence-corrected chi connectivity index (χ3v) is 2.36.